The second-order valence-electron chi connectivity index (χ2n) is 3.59. The molecule has 0 bridgehead atoms. The number of benzene rings is 2. The van der Waals surface area contributed by atoms with Gasteiger partial charge in [-0.15, -0.1) is 0 Å². The molecule has 2 aromatic carbocycles. The molecule has 0 aromatic heterocycles. The molecule has 88 valence electrons. The maximum absolute atomic E-state index is 13.4. The van der Waals surface area contributed by atoms with E-state index in [0.29, 0.717) is 11.3 Å². The highest BCUT2D eigenvalue weighted by molar-refractivity contribution is 6.05. The molecule has 0 fully saturated rings. The molecule has 1 N–H and O–H groups in total. The number of nitriles is 1. The summed E-state index contributed by atoms with van der Waals surface area (Å²) in [4.78, 5) is 11.8. The van der Waals surface area contributed by atoms with Crippen molar-refractivity contribution in [1.29, 1.82) is 5.26 Å². The summed E-state index contributed by atoms with van der Waals surface area (Å²) in [7, 11) is 0. The van der Waals surface area contributed by atoms with E-state index in [2.05, 4.69) is 5.32 Å². The first-order valence-corrected chi connectivity index (χ1v) is 5.27. The smallest absolute Gasteiger partial charge is 0.258 e. The van der Waals surface area contributed by atoms with Gasteiger partial charge in [-0.3, -0.25) is 4.79 Å². The Labute approximate surface area is 103 Å². The highest BCUT2D eigenvalue weighted by Gasteiger charge is 2.12. The number of para-hydroxylation sites is 1. The lowest BCUT2D eigenvalue weighted by Crippen LogP contribution is -2.14. The highest BCUT2D eigenvalue weighted by atomic mass is 19.1. The highest BCUT2D eigenvalue weighted by Crippen LogP contribution is 2.16. The Kier molecular flexibility index (Phi) is 3.35. The first-order chi connectivity index (χ1) is 8.72. The van der Waals surface area contributed by atoms with E-state index in [-0.39, 0.29) is 5.56 Å². The van der Waals surface area contributed by atoms with E-state index in [4.69, 9.17) is 5.26 Å². The van der Waals surface area contributed by atoms with Gasteiger partial charge >= 0.3 is 0 Å². The van der Waals surface area contributed by atoms with Crippen LogP contribution in [0.4, 0.5) is 10.1 Å². The summed E-state index contributed by atoms with van der Waals surface area (Å²) in [6.07, 6.45) is 0. The number of carbonyl (C=O) groups is 1. The number of hydrogen-bond acceptors (Lipinski definition) is 2. The summed E-state index contributed by atoms with van der Waals surface area (Å²) >= 11 is 0. The van der Waals surface area contributed by atoms with Gasteiger partial charge in [0.05, 0.1) is 16.8 Å². The third-order valence-corrected chi connectivity index (χ3v) is 2.41. The van der Waals surface area contributed by atoms with Crippen molar-refractivity contribution in [3.63, 3.8) is 0 Å². The number of amides is 1. The van der Waals surface area contributed by atoms with Gasteiger partial charge in [0.15, 0.2) is 0 Å². The van der Waals surface area contributed by atoms with E-state index < -0.39 is 11.7 Å². The molecule has 0 aliphatic heterocycles. The normalized spacial score (nSPS) is 9.56. The molecular formula is C14H9FN2O. The average Bonchev–Trinajstić information content (AvgIpc) is 2.39. The van der Waals surface area contributed by atoms with E-state index in [1.165, 1.54) is 18.2 Å². The minimum absolute atomic E-state index is 0.0507. The van der Waals surface area contributed by atoms with Crippen molar-refractivity contribution in [2.24, 2.45) is 0 Å². The molecule has 18 heavy (non-hydrogen) atoms. The first kappa shape index (κ1) is 11.8. The predicted molar refractivity (Wildman–Crippen MR) is 65.5 cm³/mol. The fraction of sp³-hybridized carbons (Fsp3) is 0. The van der Waals surface area contributed by atoms with Crippen LogP contribution in [0.25, 0.3) is 0 Å². The molecule has 0 aliphatic carbocycles. The Balaban J connectivity index is 2.28. The van der Waals surface area contributed by atoms with Gasteiger partial charge in [-0.1, -0.05) is 24.3 Å². The van der Waals surface area contributed by atoms with Gasteiger partial charge < -0.3 is 5.32 Å². The Morgan fingerprint density at radius 2 is 1.78 bits per heavy atom. The maximum Gasteiger partial charge on any atom is 0.258 e. The van der Waals surface area contributed by atoms with Crippen LogP contribution in [0, 0.1) is 17.1 Å². The molecule has 0 saturated carbocycles. The number of rotatable bonds is 2. The molecule has 0 atom stereocenters. The molecule has 0 unspecified atom stereocenters. The van der Waals surface area contributed by atoms with E-state index >= 15 is 0 Å². The zero-order chi connectivity index (χ0) is 13.0. The van der Waals surface area contributed by atoms with E-state index in [1.54, 1.807) is 30.3 Å². The Bertz CT molecular complexity index is 632. The summed E-state index contributed by atoms with van der Waals surface area (Å²) < 4.78 is 13.4. The fourth-order valence-corrected chi connectivity index (χ4v) is 1.52. The number of nitrogens with zero attached hydrogens (tertiary/aromatic N) is 1. The van der Waals surface area contributed by atoms with Gasteiger partial charge in [-0.25, -0.2) is 4.39 Å². The molecule has 0 heterocycles. The summed E-state index contributed by atoms with van der Waals surface area (Å²) in [6, 6.07) is 14.2. The number of hydrogen-bond donors (Lipinski definition) is 1. The van der Waals surface area contributed by atoms with Crippen LogP contribution in [0.2, 0.25) is 0 Å². The second kappa shape index (κ2) is 5.11. The molecule has 2 rings (SSSR count). The molecule has 4 heteroatoms. The quantitative estimate of drug-likeness (QED) is 0.877. The summed E-state index contributed by atoms with van der Waals surface area (Å²) in [5.41, 5.74) is 0.653. The summed E-state index contributed by atoms with van der Waals surface area (Å²) in [5, 5.41) is 11.4. The van der Waals surface area contributed by atoms with Crippen LogP contribution < -0.4 is 5.32 Å². The number of anilines is 1. The Morgan fingerprint density at radius 1 is 1.11 bits per heavy atom. The minimum atomic E-state index is -0.593. The van der Waals surface area contributed by atoms with Crippen LogP contribution in [-0.2, 0) is 0 Å². The van der Waals surface area contributed by atoms with E-state index in [9.17, 15) is 9.18 Å². The zero-order valence-electron chi connectivity index (χ0n) is 9.35. The molecule has 0 saturated heterocycles. The SMILES string of the molecule is N#Cc1ccccc1NC(=O)c1ccccc1F. The lowest BCUT2D eigenvalue weighted by molar-refractivity contribution is 0.102. The largest absolute Gasteiger partial charge is 0.321 e. The van der Waals surface area contributed by atoms with Crippen LogP contribution >= 0.6 is 0 Å². The van der Waals surface area contributed by atoms with Gasteiger partial charge in [-0.2, -0.15) is 5.26 Å². The average molecular weight is 240 g/mol. The van der Waals surface area contributed by atoms with E-state index in [0.717, 1.165) is 0 Å². The van der Waals surface area contributed by atoms with Gasteiger partial charge in [-0.05, 0) is 24.3 Å². The number of carbonyl (C=O) groups excluding carboxylic acids is 1. The third kappa shape index (κ3) is 2.36. The first-order valence-electron chi connectivity index (χ1n) is 5.27. The zero-order valence-corrected chi connectivity index (χ0v) is 9.35. The van der Waals surface area contributed by atoms with Gasteiger partial charge in [0.1, 0.15) is 11.9 Å². The van der Waals surface area contributed by atoms with Crippen LogP contribution in [0.5, 0.6) is 0 Å². The minimum Gasteiger partial charge on any atom is -0.321 e. The molecular weight excluding hydrogens is 231 g/mol. The predicted octanol–water partition coefficient (Wildman–Crippen LogP) is 2.95. The van der Waals surface area contributed by atoms with Crippen LogP contribution in [0.1, 0.15) is 15.9 Å². The van der Waals surface area contributed by atoms with Crippen LogP contribution in [0.15, 0.2) is 48.5 Å². The Morgan fingerprint density at radius 3 is 2.50 bits per heavy atom. The molecule has 3 nitrogen and oxygen atoms in total. The summed E-state index contributed by atoms with van der Waals surface area (Å²) in [5.74, 6) is -1.17. The molecule has 0 spiro atoms. The van der Waals surface area contributed by atoms with Gasteiger partial charge in [0.2, 0.25) is 0 Å². The van der Waals surface area contributed by atoms with Crippen molar-refractivity contribution in [3.05, 3.63) is 65.5 Å². The van der Waals surface area contributed by atoms with Crippen molar-refractivity contribution < 1.29 is 9.18 Å². The lowest BCUT2D eigenvalue weighted by atomic mass is 10.1. The fourth-order valence-electron chi connectivity index (χ4n) is 1.52. The number of nitrogens with one attached hydrogen (secondary N) is 1. The Hall–Kier alpha value is -2.67. The summed E-state index contributed by atoms with van der Waals surface area (Å²) in [6.45, 7) is 0. The van der Waals surface area contributed by atoms with Crippen molar-refractivity contribution in [2.75, 3.05) is 5.32 Å². The lowest BCUT2D eigenvalue weighted by Gasteiger charge is -2.07. The van der Waals surface area contributed by atoms with Gasteiger partial charge in [0.25, 0.3) is 5.91 Å². The molecule has 1 amide bonds. The van der Waals surface area contributed by atoms with Gasteiger partial charge in [0, 0.05) is 0 Å². The monoisotopic (exact) mass is 240 g/mol. The number of halogens is 1. The van der Waals surface area contributed by atoms with Crippen molar-refractivity contribution in [2.45, 2.75) is 0 Å². The maximum atomic E-state index is 13.4. The van der Waals surface area contributed by atoms with Crippen molar-refractivity contribution in [1.82, 2.24) is 0 Å². The topological polar surface area (TPSA) is 52.9 Å². The second-order valence-corrected chi connectivity index (χ2v) is 3.59. The standard InChI is InChI=1S/C14H9FN2O/c15-12-7-3-2-6-11(12)14(18)17-13-8-4-1-5-10(13)9-16/h1-8H,(H,17,18). The molecule has 0 radical (unpaired) electrons. The van der Waals surface area contributed by atoms with Crippen LogP contribution in [0.3, 0.4) is 0 Å². The van der Waals surface area contributed by atoms with Crippen molar-refractivity contribution >= 4 is 11.6 Å². The molecule has 2 aromatic rings. The van der Waals surface area contributed by atoms with Crippen LogP contribution in [-0.4, -0.2) is 5.91 Å². The van der Waals surface area contributed by atoms with E-state index in [1.807, 2.05) is 6.07 Å². The molecule has 0 aliphatic rings. The third-order valence-electron chi connectivity index (χ3n) is 2.41. The van der Waals surface area contributed by atoms with Crippen molar-refractivity contribution in [3.8, 4) is 6.07 Å².